The van der Waals surface area contributed by atoms with Crippen LogP contribution in [0.5, 0.6) is 0 Å². The van der Waals surface area contributed by atoms with Crippen LogP contribution in [0.2, 0.25) is 0 Å². The van der Waals surface area contributed by atoms with E-state index in [1.807, 2.05) is 6.92 Å². The molecule has 11 heteroatoms. The standard InChI is InChI=1S/C17H28N3O7P/c1-17(16(27)28-17)3-2-12(15(25)26)20-8-6-18(10-13(21)22)4-5-19(7-9-20)11-14(23)24/h12,28H,2-11H2,1H3,(H,21,22)(H,23,24)(H,25,26). The predicted molar refractivity (Wildman–Crippen MR) is 102 cm³/mol. The summed E-state index contributed by atoms with van der Waals surface area (Å²) in [4.78, 5) is 50.8. The monoisotopic (exact) mass is 417 g/mol. The van der Waals surface area contributed by atoms with E-state index in [4.69, 9.17) is 10.2 Å². The summed E-state index contributed by atoms with van der Waals surface area (Å²) < 4.78 is 0. The second-order valence-corrected chi connectivity index (χ2v) is 9.36. The van der Waals surface area contributed by atoms with Gasteiger partial charge in [0, 0.05) is 39.3 Å². The van der Waals surface area contributed by atoms with Crippen LogP contribution in [0.4, 0.5) is 0 Å². The van der Waals surface area contributed by atoms with Crippen molar-refractivity contribution in [2.75, 3.05) is 52.4 Å². The molecule has 2 saturated heterocycles. The van der Waals surface area contributed by atoms with Gasteiger partial charge >= 0.3 is 17.9 Å². The summed E-state index contributed by atoms with van der Waals surface area (Å²) in [5.74, 6) is -2.94. The number of carbonyl (C=O) groups excluding carboxylic acids is 1. The fourth-order valence-electron chi connectivity index (χ4n) is 3.45. The van der Waals surface area contributed by atoms with E-state index < -0.39 is 29.1 Å². The summed E-state index contributed by atoms with van der Waals surface area (Å²) in [6.45, 7) is 3.81. The highest BCUT2D eigenvalue weighted by Crippen LogP contribution is 2.56. The van der Waals surface area contributed by atoms with Crippen molar-refractivity contribution in [3.8, 4) is 0 Å². The molecule has 0 aromatic rings. The summed E-state index contributed by atoms with van der Waals surface area (Å²) in [7, 11) is 0.238. The van der Waals surface area contributed by atoms with Gasteiger partial charge < -0.3 is 15.3 Å². The van der Waals surface area contributed by atoms with Crippen molar-refractivity contribution >= 4 is 32.0 Å². The zero-order valence-corrected chi connectivity index (χ0v) is 17.0. The minimum Gasteiger partial charge on any atom is -0.480 e. The Bertz CT molecular complexity index is 604. The third kappa shape index (κ3) is 6.77. The lowest BCUT2D eigenvalue weighted by Gasteiger charge is -2.31. The molecule has 0 bridgehead atoms. The molecule has 10 nitrogen and oxygen atoms in total. The van der Waals surface area contributed by atoms with Crippen LogP contribution >= 0.6 is 8.58 Å². The van der Waals surface area contributed by atoms with Crippen LogP contribution in [0.25, 0.3) is 0 Å². The predicted octanol–water partition coefficient (Wildman–Crippen LogP) is -0.714. The SMILES string of the molecule is CC1(CCC(C(=O)O)N2CCN(CC(=O)O)CCN(CC(=O)O)CC2)PC1=O. The summed E-state index contributed by atoms with van der Waals surface area (Å²) in [6, 6.07) is -0.786. The smallest absolute Gasteiger partial charge is 0.320 e. The average Bonchev–Trinajstić information content (AvgIpc) is 3.15. The normalized spacial score (nSPS) is 27.0. The van der Waals surface area contributed by atoms with Crippen LogP contribution in [0.1, 0.15) is 19.8 Å². The van der Waals surface area contributed by atoms with Crippen LogP contribution < -0.4 is 0 Å². The molecular weight excluding hydrogens is 389 g/mol. The zero-order chi connectivity index (χ0) is 20.9. The van der Waals surface area contributed by atoms with Gasteiger partial charge in [-0.15, -0.1) is 0 Å². The fraction of sp³-hybridized carbons (Fsp3) is 0.765. The number of carboxylic acids is 3. The molecular formula is C17H28N3O7P. The molecule has 2 heterocycles. The second kappa shape index (κ2) is 9.73. The van der Waals surface area contributed by atoms with E-state index in [9.17, 15) is 24.3 Å². The molecule has 0 amide bonds. The van der Waals surface area contributed by atoms with Gasteiger partial charge in [0.1, 0.15) is 6.04 Å². The number of aliphatic carboxylic acids is 3. The Morgan fingerprint density at radius 3 is 1.75 bits per heavy atom. The van der Waals surface area contributed by atoms with Crippen molar-refractivity contribution in [3.05, 3.63) is 0 Å². The molecule has 28 heavy (non-hydrogen) atoms. The van der Waals surface area contributed by atoms with E-state index in [0.29, 0.717) is 52.1 Å². The summed E-state index contributed by atoms with van der Waals surface area (Å²) in [5.41, 5.74) is 0.182. The van der Waals surface area contributed by atoms with Gasteiger partial charge in [-0.25, -0.2) is 0 Å². The Balaban J connectivity index is 2.08. The Morgan fingerprint density at radius 2 is 1.39 bits per heavy atom. The maximum atomic E-state index is 11.9. The van der Waals surface area contributed by atoms with Gasteiger partial charge in [0.05, 0.1) is 18.2 Å². The Hall–Kier alpha value is -1.61. The van der Waals surface area contributed by atoms with Crippen LogP contribution in [0.15, 0.2) is 0 Å². The average molecular weight is 417 g/mol. The number of hydrogen-bond donors (Lipinski definition) is 3. The van der Waals surface area contributed by atoms with Crippen molar-refractivity contribution in [2.24, 2.45) is 0 Å². The lowest BCUT2D eigenvalue weighted by molar-refractivity contribution is -0.144. The van der Waals surface area contributed by atoms with Crippen LogP contribution in [-0.2, 0) is 19.2 Å². The minimum atomic E-state index is -0.980. The van der Waals surface area contributed by atoms with E-state index in [-0.39, 0.29) is 27.2 Å². The van der Waals surface area contributed by atoms with E-state index in [0.717, 1.165) is 0 Å². The van der Waals surface area contributed by atoms with Gasteiger partial charge in [-0.3, -0.25) is 33.9 Å². The van der Waals surface area contributed by atoms with Crippen molar-refractivity contribution in [2.45, 2.75) is 31.0 Å². The van der Waals surface area contributed by atoms with Crippen LogP contribution in [0.3, 0.4) is 0 Å². The second-order valence-electron chi connectivity index (χ2n) is 7.55. The first-order chi connectivity index (χ1) is 13.1. The van der Waals surface area contributed by atoms with Crippen molar-refractivity contribution in [1.82, 2.24) is 14.7 Å². The number of carboxylic acid groups (broad SMARTS) is 3. The molecule has 0 aliphatic carbocycles. The molecule has 0 aromatic heterocycles. The molecule has 158 valence electrons. The number of hydrogen-bond acceptors (Lipinski definition) is 7. The lowest BCUT2D eigenvalue weighted by Crippen LogP contribution is -2.47. The molecule has 0 saturated carbocycles. The highest BCUT2D eigenvalue weighted by molar-refractivity contribution is 7.74. The Labute approximate surface area is 165 Å². The number of nitrogens with zero attached hydrogens (tertiary/aromatic N) is 3. The first-order valence-corrected chi connectivity index (χ1v) is 10.3. The third-order valence-corrected chi connectivity index (χ3v) is 6.89. The van der Waals surface area contributed by atoms with Crippen molar-refractivity contribution in [3.63, 3.8) is 0 Å². The fourth-order valence-corrected chi connectivity index (χ4v) is 4.28. The molecule has 2 aliphatic rings. The molecule has 3 atom stereocenters. The van der Waals surface area contributed by atoms with E-state index in [1.165, 1.54) is 0 Å². The Kier molecular flexibility index (Phi) is 7.88. The van der Waals surface area contributed by atoms with E-state index in [1.54, 1.807) is 14.7 Å². The molecule has 0 aromatic carbocycles. The van der Waals surface area contributed by atoms with Gasteiger partial charge in [0.25, 0.3) is 0 Å². The minimum absolute atomic E-state index is 0.180. The van der Waals surface area contributed by atoms with E-state index >= 15 is 0 Å². The molecule has 0 spiro atoms. The molecule has 2 rings (SSSR count). The van der Waals surface area contributed by atoms with Gasteiger partial charge in [-0.1, -0.05) is 0 Å². The van der Waals surface area contributed by atoms with Gasteiger partial charge in [0.2, 0.25) is 0 Å². The summed E-state index contributed by atoms with van der Waals surface area (Å²) in [6.07, 6.45) is 0.845. The van der Waals surface area contributed by atoms with Crippen LogP contribution in [0, 0.1) is 0 Å². The molecule has 2 fully saturated rings. The van der Waals surface area contributed by atoms with Gasteiger partial charge in [-0.05, 0) is 28.3 Å². The largest absolute Gasteiger partial charge is 0.480 e. The maximum Gasteiger partial charge on any atom is 0.320 e. The van der Waals surface area contributed by atoms with E-state index in [2.05, 4.69) is 0 Å². The lowest BCUT2D eigenvalue weighted by atomic mass is 10.0. The molecule has 2 aliphatic heterocycles. The van der Waals surface area contributed by atoms with Crippen molar-refractivity contribution in [1.29, 1.82) is 0 Å². The Morgan fingerprint density at radius 1 is 0.964 bits per heavy atom. The van der Waals surface area contributed by atoms with Crippen molar-refractivity contribution < 1.29 is 34.5 Å². The highest BCUT2D eigenvalue weighted by atomic mass is 31.1. The van der Waals surface area contributed by atoms with Crippen LogP contribution in [-0.4, -0.2) is 117 Å². The van der Waals surface area contributed by atoms with Gasteiger partial charge in [0.15, 0.2) is 5.52 Å². The molecule has 3 N–H and O–H groups in total. The third-order valence-electron chi connectivity index (χ3n) is 5.33. The summed E-state index contributed by atoms with van der Waals surface area (Å²) >= 11 is 0. The number of rotatable bonds is 9. The molecule has 0 radical (unpaired) electrons. The maximum absolute atomic E-state index is 11.9. The topological polar surface area (TPSA) is 139 Å². The van der Waals surface area contributed by atoms with Gasteiger partial charge in [-0.2, -0.15) is 0 Å². The summed E-state index contributed by atoms with van der Waals surface area (Å²) in [5, 5.41) is 27.5. The quantitative estimate of drug-likeness (QED) is 0.412. The first-order valence-electron chi connectivity index (χ1n) is 9.28. The highest BCUT2D eigenvalue weighted by Gasteiger charge is 2.49. The number of carbonyl (C=O) groups is 4. The molecule has 3 unspecified atom stereocenters. The zero-order valence-electron chi connectivity index (χ0n) is 16.0. The first kappa shape index (κ1) is 22.7.